The maximum Gasteiger partial charge on any atom is 0.274 e. The van der Waals surface area contributed by atoms with E-state index in [1.165, 1.54) is 6.33 Å². The van der Waals surface area contributed by atoms with Gasteiger partial charge >= 0.3 is 0 Å². The molecule has 0 aliphatic carbocycles. The molecule has 6 nitrogen and oxygen atoms in total. The summed E-state index contributed by atoms with van der Waals surface area (Å²) in [5.74, 6) is 0.969. The van der Waals surface area contributed by atoms with Crippen LogP contribution in [0.1, 0.15) is 16.2 Å². The molecule has 0 saturated carbocycles. The molecule has 0 aliphatic rings. The monoisotopic (exact) mass is 328 g/mol. The molecule has 0 unspecified atom stereocenters. The predicted molar refractivity (Wildman–Crippen MR) is 87.5 cm³/mol. The number of nitrogens with zero attached hydrogens (tertiary/aromatic N) is 2. The number of aromatic nitrogens is 2. The number of hydrogen-bond acceptors (Lipinski definition) is 5. The van der Waals surface area contributed by atoms with Gasteiger partial charge in [0.25, 0.3) is 5.91 Å². The second kappa shape index (κ2) is 6.93. The molecule has 0 fully saturated rings. The summed E-state index contributed by atoms with van der Waals surface area (Å²) in [6, 6.07) is 12.1. The third-order valence-electron chi connectivity index (χ3n) is 3.01. The van der Waals surface area contributed by atoms with Crippen molar-refractivity contribution in [3.8, 4) is 0 Å². The largest absolute Gasteiger partial charge is 0.467 e. The van der Waals surface area contributed by atoms with E-state index in [0.29, 0.717) is 23.1 Å². The van der Waals surface area contributed by atoms with E-state index in [2.05, 4.69) is 20.6 Å². The maximum atomic E-state index is 12.2. The van der Waals surface area contributed by atoms with Crippen molar-refractivity contribution in [3.63, 3.8) is 0 Å². The summed E-state index contributed by atoms with van der Waals surface area (Å²) >= 11 is 5.89. The van der Waals surface area contributed by atoms with Crippen LogP contribution in [0.5, 0.6) is 0 Å². The molecule has 1 aromatic carbocycles. The Morgan fingerprint density at radius 3 is 2.87 bits per heavy atom. The van der Waals surface area contributed by atoms with Gasteiger partial charge in [0.1, 0.15) is 23.6 Å². The van der Waals surface area contributed by atoms with Gasteiger partial charge in [-0.05, 0) is 30.3 Å². The van der Waals surface area contributed by atoms with Crippen LogP contribution in [0, 0.1) is 0 Å². The average molecular weight is 329 g/mol. The highest BCUT2D eigenvalue weighted by molar-refractivity contribution is 6.30. The smallest absolute Gasteiger partial charge is 0.274 e. The lowest BCUT2D eigenvalue weighted by atomic mass is 10.3. The minimum Gasteiger partial charge on any atom is -0.467 e. The molecule has 0 radical (unpaired) electrons. The predicted octanol–water partition coefficient (Wildman–Crippen LogP) is 3.59. The van der Waals surface area contributed by atoms with Crippen LogP contribution < -0.4 is 10.6 Å². The van der Waals surface area contributed by atoms with Gasteiger partial charge in [-0.2, -0.15) is 0 Å². The Balaban J connectivity index is 1.67. The first-order valence-electron chi connectivity index (χ1n) is 6.86. The van der Waals surface area contributed by atoms with Crippen LogP contribution in [0.25, 0.3) is 0 Å². The van der Waals surface area contributed by atoms with Crippen molar-refractivity contribution >= 4 is 29.0 Å². The lowest BCUT2D eigenvalue weighted by Gasteiger charge is -2.07. The lowest BCUT2D eigenvalue weighted by molar-refractivity contribution is 0.102. The normalized spacial score (nSPS) is 10.3. The lowest BCUT2D eigenvalue weighted by Crippen LogP contribution is -2.14. The molecular formula is C16H13ClN4O2. The van der Waals surface area contributed by atoms with Crippen molar-refractivity contribution < 1.29 is 9.21 Å². The van der Waals surface area contributed by atoms with E-state index >= 15 is 0 Å². The summed E-state index contributed by atoms with van der Waals surface area (Å²) in [6.07, 6.45) is 2.93. The van der Waals surface area contributed by atoms with E-state index in [1.54, 1.807) is 42.7 Å². The highest BCUT2D eigenvalue weighted by Crippen LogP contribution is 2.16. The fraction of sp³-hybridized carbons (Fsp3) is 0.0625. The van der Waals surface area contributed by atoms with Crippen molar-refractivity contribution in [1.29, 1.82) is 0 Å². The number of hydrogen-bond donors (Lipinski definition) is 2. The zero-order valence-corrected chi connectivity index (χ0v) is 12.7. The molecule has 1 amide bonds. The standard InChI is InChI=1S/C16H13ClN4O2/c17-11-3-1-4-12(7-11)21-16(22)14-8-15(20-10-19-14)18-9-13-5-2-6-23-13/h1-8,10H,9H2,(H,21,22)(H,18,19,20). The Labute approximate surface area is 137 Å². The summed E-state index contributed by atoms with van der Waals surface area (Å²) in [6.45, 7) is 0.472. The summed E-state index contributed by atoms with van der Waals surface area (Å²) < 4.78 is 5.23. The number of carbonyl (C=O) groups is 1. The molecule has 3 aromatic rings. The summed E-state index contributed by atoms with van der Waals surface area (Å²) in [5, 5.41) is 6.35. The zero-order valence-electron chi connectivity index (χ0n) is 12.0. The fourth-order valence-corrected chi connectivity index (χ4v) is 2.12. The fourth-order valence-electron chi connectivity index (χ4n) is 1.93. The maximum absolute atomic E-state index is 12.2. The van der Waals surface area contributed by atoms with Crippen LogP contribution in [0.2, 0.25) is 5.02 Å². The zero-order chi connectivity index (χ0) is 16.1. The van der Waals surface area contributed by atoms with Gasteiger partial charge in [0.2, 0.25) is 0 Å². The van der Waals surface area contributed by atoms with Crippen LogP contribution in [0.15, 0.2) is 59.5 Å². The van der Waals surface area contributed by atoms with Gasteiger partial charge in [-0.25, -0.2) is 9.97 Å². The second-order valence-corrected chi connectivity index (χ2v) is 5.12. The summed E-state index contributed by atoms with van der Waals surface area (Å²) in [5.41, 5.74) is 0.855. The minimum atomic E-state index is -0.337. The Kier molecular flexibility index (Phi) is 4.54. The van der Waals surface area contributed by atoms with Gasteiger partial charge in [-0.3, -0.25) is 4.79 Å². The Morgan fingerprint density at radius 1 is 1.17 bits per heavy atom. The van der Waals surface area contributed by atoms with Gasteiger partial charge in [-0.1, -0.05) is 17.7 Å². The van der Waals surface area contributed by atoms with Crippen molar-refractivity contribution in [2.24, 2.45) is 0 Å². The van der Waals surface area contributed by atoms with E-state index in [1.807, 2.05) is 6.07 Å². The summed E-state index contributed by atoms with van der Waals surface area (Å²) in [7, 11) is 0. The van der Waals surface area contributed by atoms with Gasteiger partial charge in [0, 0.05) is 16.8 Å². The highest BCUT2D eigenvalue weighted by Gasteiger charge is 2.09. The number of amides is 1. The van der Waals surface area contributed by atoms with E-state index in [9.17, 15) is 4.79 Å². The van der Waals surface area contributed by atoms with E-state index in [4.69, 9.17) is 16.0 Å². The number of halogens is 1. The van der Waals surface area contributed by atoms with Crippen LogP contribution in [-0.4, -0.2) is 15.9 Å². The van der Waals surface area contributed by atoms with E-state index in [-0.39, 0.29) is 11.6 Å². The number of nitrogens with one attached hydrogen (secondary N) is 2. The van der Waals surface area contributed by atoms with E-state index < -0.39 is 0 Å². The van der Waals surface area contributed by atoms with Gasteiger partial charge in [0.05, 0.1) is 12.8 Å². The third-order valence-corrected chi connectivity index (χ3v) is 3.24. The Bertz CT molecular complexity index is 805. The second-order valence-electron chi connectivity index (χ2n) is 4.69. The van der Waals surface area contributed by atoms with E-state index in [0.717, 1.165) is 5.76 Å². The molecule has 0 aliphatic heterocycles. The van der Waals surface area contributed by atoms with Crippen LogP contribution in [0.4, 0.5) is 11.5 Å². The topological polar surface area (TPSA) is 80.0 Å². The van der Waals surface area contributed by atoms with Crippen LogP contribution >= 0.6 is 11.6 Å². The molecule has 0 atom stereocenters. The molecule has 0 bridgehead atoms. The number of carbonyl (C=O) groups excluding carboxylic acids is 1. The molecule has 2 N–H and O–H groups in total. The first kappa shape index (κ1) is 15.1. The highest BCUT2D eigenvalue weighted by atomic mass is 35.5. The molecule has 3 rings (SSSR count). The molecule has 116 valence electrons. The molecular weight excluding hydrogens is 316 g/mol. The molecule has 23 heavy (non-hydrogen) atoms. The van der Waals surface area contributed by atoms with Crippen LogP contribution in [-0.2, 0) is 6.54 Å². The average Bonchev–Trinajstić information content (AvgIpc) is 3.07. The first-order chi connectivity index (χ1) is 11.2. The van der Waals surface area contributed by atoms with Crippen LogP contribution in [0.3, 0.4) is 0 Å². The quantitative estimate of drug-likeness (QED) is 0.748. The van der Waals surface area contributed by atoms with Crippen molar-refractivity contribution in [3.05, 3.63) is 71.5 Å². The number of rotatable bonds is 5. The van der Waals surface area contributed by atoms with Crippen molar-refractivity contribution in [2.75, 3.05) is 10.6 Å². The Morgan fingerprint density at radius 2 is 2.09 bits per heavy atom. The van der Waals surface area contributed by atoms with Crippen molar-refractivity contribution in [2.45, 2.75) is 6.54 Å². The Hall–Kier alpha value is -2.86. The first-order valence-corrected chi connectivity index (χ1v) is 7.24. The van der Waals surface area contributed by atoms with Crippen molar-refractivity contribution in [1.82, 2.24) is 9.97 Å². The summed E-state index contributed by atoms with van der Waals surface area (Å²) in [4.78, 5) is 20.3. The van der Waals surface area contributed by atoms with Gasteiger partial charge in [-0.15, -0.1) is 0 Å². The number of benzene rings is 1. The third kappa shape index (κ3) is 4.08. The molecule has 7 heteroatoms. The minimum absolute atomic E-state index is 0.252. The number of furan rings is 1. The molecule has 2 aromatic heterocycles. The number of anilines is 2. The SMILES string of the molecule is O=C(Nc1cccc(Cl)c1)c1cc(NCc2ccco2)ncn1. The molecule has 0 spiro atoms. The van der Waals surface area contributed by atoms with Gasteiger partial charge < -0.3 is 15.1 Å². The molecule has 0 saturated heterocycles. The van der Waals surface area contributed by atoms with Gasteiger partial charge in [0.15, 0.2) is 0 Å². The molecule has 2 heterocycles.